The Kier molecular flexibility index (Phi) is 3.80. The average Bonchev–Trinajstić information content (AvgIpc) is 2.35. The van der Waals surface area contributed by atoms with Crippen molar-refractivity contribution in [2.45, 2.75) is 32.5 Å². The van der Waals surface area contributed by atoms with Gasteiger partial charge in [-0.15, -0.1) is 0 Å². The van der Waals surface area contributed by atoms with Crippen LogP contribution in [0.15, 0.2) is 6.33 Å². The number of hydrogen-bond donors (Lipinski definition) is 1. The fourth-order valence-corrected chi connectivity index (χ4v) is 2.57. The zero-order valence-corrected chi connectivity index (χ0v) is 12.2. The number of nitrogens with zero attached hydrogens (tertiary/aromatic N) is 3. The maximum atomic E-state index is 5.91. The summed E-state index contributed by atoms with van der Waals surface area (Å²) in [6.07, 6.45) is 1.71. The fourth-order valence-electron chi connectivity index (χ4n) is 2.57. The normalized spacial score (nSPS) is 22.2. The molecule has 2 rings (SSSR count). The molecule has 1 aliphatic rings. The van der Waals surface area contributed by atoms with Crippen LogP contribution >= 0.6 is 0 Å². The minimum absolute atomic E-state index is 0.154. The van der Waals surface area contributed by atoms with Crippen LogP contribution in [-0.2, 0) is 4.74 Å². The largest absolute Gasteiger partial charge is 0.490 e. The van der Waals surface area contributed by atoms with Crippen molar-refractivity contribution in [1.29, 1.82) is 0 Å². The second-order valence-corrected chi connectivity index (χ2v) is 5.40. The van der Waals surface area contributed by atoms with Crippen molar-refractivity contribution in [3.8, 4) is 5.75 Å². The maximum Gasteiger partial charge on any atom is 0.204 e. The van der Waals surface area contributed by atoms with Gasteiger partial charge >= 0.3 is 0 Å². The molecule has 1 unspecified atom stereocenters. The number of morpholine rings is 1. The number of anilines is 2. The smallest absolute Gasteiger partial charge is 0.204 e. The van der Waals surface area contributed by atoms with Gasteiger partial charge in [-0.3, -0.25) is 0 Å². The van der Waals surface area contributed by atoms with Gasteiger partial charge in [-0.1, -0.05) is 0 Å². The van der Waals surface area contributed by atoms with Crippen molar-refractivity contribution in [2.75, 3.05) is 37.5 Å². The highest BCUT2D eigenvalue weighted by molar-refractivity contribution is 5.64. The highest BCUT2D eigenvalue weighted by Gasteiger charge is 2.33. The van der Waals surface area contributed by atoms with Gasteiger partial charge in [0.05, 0.1) is 18.8 Å². The van der Waals surface area contributed by atoms with Crippen molar-refractivity contribution in [3.05, 3.63) is 6.33 Å². The summed E-state index contributed by atoms with van der Waals surface area (Å²) in [4.78, 5) is 10.7. The summed E-state index contributed by atoms with van der Waals surface area (Å²) in [5.41, 5.74) is -0.201. The predicted molar refractivity (Wildman–Crippen MR) is 75.0 cm³/mol. The Balaban J connectivity index is 2.35. The van der Waals surface area contributed by atoms with Crippen LogP contribution in [0.2, 0.25) is 0 Å². The Morgan fingerprint density at radius 1 is 1.47 bits per heavy atom. The number of aromatic nitrogens is 2. The predicted octanol–water partition coefficient (Wildman–Crippen LogP) is 1.53. The van der Waals surface area contributed by atoms with Crippen molar-refractivity contribution in [1.82, 2.24) is 9.97 Å². The lowest BCUT2D eigenvalue weighted by molar-refractivity contribution is -0.0752. The molecular weight excluding hydrogens is 244 g/mol. The molecule has 6 nitrogen and oxygen atoms in total. The van der Waals surface area contributed by atoms with Crippen LogP contribution in [0.25, 0.3) is 0 Å². The van der Waals surface area contributed by atoms with Crippen LogP contribution in [0.3, 0.4) is 0 Å². The first-order chi connectivity index (χ1) is 8.96. The van der Waals surface area contributed by atoms with Gasteiger partial charge < -0.3 is 19.7 Å². The molecule has 106 valence electrons. The minimum atomic E-state index is -0.201. The number of methoxy groups -OCH3 is 1. The van der Waals surface area contributed by atoms with E-state index in [1.165, 1.54) is 0 Å². The molecule has 19 heavy (non-hydrogen) atoms. The van der Waals surface area contributed by atoms with Crippen LogP contribution < -0.4 is 15.0 Å². The zero-order chi connectivity index (χ0) is 14.0. The van der Waals surface area contributed by atoms with E-state index in [2.05, 4.69) is 41.0 Å². The third-order valence-corrected chi connectivity index (χ3v) is 3.09. The second-order valence-electron chi connectivity index (χ2n) is 5.40. The molecule has 0 aliphatic carbocycles. The van der Waals surface area contributed by atoms with Crippen molar-refractivity contribution in [2.24, 2.45) is 0 Å². The van der Waals surface area contributed by atoms with Gasteiger partial charge in [0.15, 0.2) is 11.6 Å². The summed E-state index contributed by atoms with van der Waals surface area (Å²) in [5.74, 6) is 2.18. The average molecular weight is 266 g/mol. The van der Waals surface area contributed by atoms with Crippen LogP contribution in [0, 0.1) is 0 Å². The second kappa shape index (κ2) is 5.21. The summed E-state index contributed by atoms with van der Waals surface area (Å²) in [6.45, 7) is 7.80. The van der Waals surface area contributed by atoms with Gasteiger partial charge in [0.1, 0.15) is 6.33 Å². The highest BCUT2D eigenvalue weighted by Crippen LogP contribution is 2.34. The molecular formula is C13H22N4O2. The van der Waals surface area contributed by atoms with E-state index in [9.17, 15) is 0 Å². The number of rotatable bonds is 3. The van der Waals surface area contributed by atoms with Crippen LogP contribution in [-0.4, -0.2) is 48.9 Å². The molecule has 0 spiro atoms. The number of nitrogens with one attached hydrogen (secondary N) is 1. The SMILES string of the molecule is CNc1ncnc(N2CC(C)OC(C)(C)C2)c1OC. The fraction of sp³-hybridized carbons (Fsp3) is 0.692. The quantitative estimate of drug-likeness (QED) is 0.895. The van der Waals surface area contributed by atoms with E-state index < -0.39 is 0 Å². The van der Waals surface area contributed by atoms with Gasteiger partial charge in [-0.05, 0) is 20.8 Å². The van der Waals surface area contributed by atoms with Crippen LogP contribution in [0.5, 0.6) is 5.75 Å². The molecule has 1 atom stereocenters. The van der Waals surface area contributed by atoms with E-state index in [4.69, 9.17) is 9.47 Å². The molecule has 1 aromatic rings. The summed E-state index contributed by atoms with van der Waals surface area (Å²) >= 11 is 0. The van der Waals surface area contributed by atoms with Crippen molar-refractivity contribution >= 4 is 11.6 Å². The minimum Gasteiger partial charge on any atom is -0.490 e. The Morgan fingerprint density at radius 2 is 2.21 bits per heavy atom. The summed E-state index contributed by atoms with van der Waals surface area (Å²) in [6, 6.07) is 0. The van der Waals surface area contributed by atoms with E-state index in [1.54, 1.807) is 13.4 Å². The van der Waals surface area contributed by atoms with Gasteiger partial charge in [0.2, 0.25) is 5.75 Å². The van der Waals surface area contributed by atoms with E-state index in [1.807, 2.05) is 7.05 Å². The van der Waals surface area contributed by atoms with E-state index in [0.29, 0.717) is 11.6 Å². The third-order valence-electron chi connectivity index (χ3n) is 3.09. The molecule has 0 radical (unpaired) electrons. The first-order valence-electron chi connectivity index (χ1n) is 6.46. The molecule has 0 aromatic carbocycles. The number of hydrogen-bond acceptors (Lipinski definition) is 6. The lowest BCUT2D eigenvalue weighted by Gasteiger charge is -2.42. The zero-order valence-electron chi connectivity index (χ0n) is 12.2. The summed E-state index contributed by atoms with van der Waals surface area (Å²) < 4.78 is 11.4. The van der Waals surface area contributed by atoms with Gasteiger partial charge in [-0.25, -0.2) is 9.97 Å². The standard InChI is InChI=1S/C13H22N4O2/c1-9-6-17(7-13(2,3)19-9)12-10(18-5)11(14-4)15-8-16-12/h8-9H,6-7H2,1-5H3,(H,14,15,16). The molecule has 1 N–H and O–H groups in total. The first kappa shape index (κ1) is 13.9. The lowest BCUT2D eigenvalue weighted by Crippen LogP contribution is -2.52. The first-order valence-corrected chi connectivity index (χ1v) is 6.46. The third kappa shape index (κ3) is 2.89. The van der Waals surface area contributed by atoms with Gasteiger partial charge in [0, 0.05) is 20.1 Å². The molecule has 0 amide bonds. The topological polar surface area (TPSA) is 59.5 Å². The molecule has 1 aliphatic heterocycles. The van der Waals surface area contributed by atoms with Gasteiger partial charge in [-0.2, -0.15) is 0 Å². The molecule has 2 heterocycles. The van der Waals surface area contributed by atoms with E-state index >= 15 is 0 Å². The molecule has 1 aromatic heterocycles. The van der Waals surface area contributed by atoms with Crippen LogP contribution in [0.4, 0.5) is 11.6 Å². The summed E-state index contributed by atoms with van der Waals surface area (Å²) in [5, 5.41) is 3.02. The Labute approximate surface area is 114 Å². The molecule has 1 saturated heterocycles. The van der Waals surface area contributed by atoms with E-state index in [0.717, 1.165) is 18.9 Å². The van der Waals surface area contributed by atoms with Crippen molar-refractivity contribution < 1.29 is 9.47 Å². The highest BCUT2D eigenvalue weighted by atomic mass is 16.5. The maximum absolute atomic E-state index is 5.91. The van der Waals surface area contributed by atoms with Crippen molar-refractivity contribution in [3.63, 3.8) is 0 Å². The molecule has 6 heteroatoms. The molecule has 0 saturated carbocycles. The molecule has 1 fully saturated rings. The Bertz CT molecular complexity index is 450. The lowest BCUT2D eigenvalue weighted by atomic mass is 10.1. The van der Waals surface area contributed by atoms with Gasteiger partial charge in [0.25, 0.3) is 0 Å². The van der Waals surface area contributed by atoms with Crippen LogP contribution in [0.1, 0.15) is 20.8 Å². The van der Waals surface area contributed by atoms with E-state index in [-0.39, 0.29) is 11.7 Å². The summed E-state index contributed by atoms with van der Waals surface area (Å²) in [7, 11) is 3.46. The number of ether oxygens (including phenoxy) is 2. The Hall–Kier alpha value is -1.56. The Morgan fingerprint density at radius 3 is 2.79 bits per heavy atom. The molecule has 0 bridgehead atoms. The monoisotopic (exact) mass is 266 g/mol.